The molecule has 1 aromatic carbocycles. The Morgan fingerprint density at radius 2 is 1.96 bits per heavy atom. The van der Waals surface area contributed by atoms with E-state index in [9.17, 15) is 4.79 Å². The van der Waals surface area contributed by atoms with Crippen LogP contribution in [-0.4, -0.2) is 30.4 Å². The molecule has 146 valence electrons. The Labute approximate surface area is 181 Å². The zero-order valence-corrected chi connectivity index (χ0v) is 18.8. The molecule has 0 unspecified atom stereocenters. The van der Waals surface area contributed by atoms with Gasteiger partial charge in [-0.05, 0) is 37.5 Å². The van der Waals surface area contributed by atoms with Gasteiger partial charge in [0.15, 0.2) is 5.96 Å². The third kappa shape index (κ3) is 6.17. The number of aryl methyl sites for hydroxylation is 1. The first-order valence-corrected chi connectivity index (χ1v) is 9.72. The Kier molecular flexibility index (Phi) is 8.49. The van der Waals surface area contributed by atoms with Gasteiger partial charge in [-0.2, -0.15) is 0 Å². The number of rotatable bonds is 5. The van der Waals surface area contributed by atoms with Crippen LogP contribution in [-0.2, 0) is 17.9 Å². The molecule has 0 atom stereocenters. The van der Waals surface area contributed by atoms with Crippen molar-refractivity contribution in [3.8, 4) is 0 Å². The van der Waals surface area contributed by atoms with Crippen LogP contribution in [0.4, 0.5) is 5.69 Å². The Bertz CT molecular complexity index is 775. The molecule has 0 saturated carbocycles. The van der Waals surface area contributed by atoms with Gasteiger partial charge in [0.25, 0.3) is 0 Å². The van der Waals surface area contributed by atoms with Crippen LogP contribution in [0, 0.1) is 6.92 Å². The van der Waals surface area contributed by atoms with Crippen LogP contribution in [0.2, 0.25) is 0 Å². The first-order valence-electron chi connectivity index (χ1n) is 8.91. The van der Waals surface area contributed by atoms with Gasteiger partial charge in [0, 0.05) is 43.3 Å². The molecule has 0 radical (unpaired) electrons. The van der Waals surface area contributed by atoms with Crippen molar-refractivity contribution in [1.82, 2.24) is 15.6 Å². The monoisotopic (exact) mass is 499 g/mol. The standard InChI is InChI=1S/C19H25N5OS.HI/c1-14-11-21-17(26-14)13-23-19(20-2)22-12-15-6-8-16(9-7-15)24-10-4-3-5-18(24)25;/h6-9,11H,3-5,10,12-13H2,1-2H3,(H2,20,22,23);1H. The van der Waals surface area contributed by atoms with Crippen molar-refractivity contribution < 1.29 is 4.79 Å². The van der Waals surface area contributed by atoms with Gasteiger partial charge < -0.3 is 15.5 Å². The molecule has 2 N–H and O–H groups in total. The Morgan fingerprint density at radius 1 is 1.22 bits per heavy atom. The summed E-state index contributed by atoms with van der Waals surface area (Å²) in [5.74, 6) is 0.970. The van der Waals surface area contributed by atoms with E-state index in [1.807, 2.05) is 23.2 Å². The number of aromatic nitrogens is 1. The topological polar surface area (TPSA) is 69.6 Å². The Morgan fingerprint density at radius 3 is 2.59 bits per heavy atom. The average Bonchev–Trinajstić information content (AvgIpc) is 3.08. The van der Waals surface area contributed by atoms with E-state index in [0.717, 1.165) is 41.6 Å². The molecule has 1 fully saturated rings. The van der Waals surface area contributed by atoms with Gasteiger partial charge in [-0.3, -0.25) is 9.79 Å². The molecule has 1 aromatic heterocycles. The predicted molar refractivity (Wildman–Crippen MR) is 122 cm³/mol. The summed E-state index contributed by atoms with van der Waals surface area (Å²) in [6, 6.07) is 8.16. The second-order valence-corrected chi connectivity index (χ2v) is 7.63. The van der Waals surface area contributed by atoms with Crippen LogP contribution < -0.4 is 15.5 Å². The molecule has 1 aliphatic heterocycles. The highest BCUT2D eigenvalue weighted by atomic mass is 127. The number of anilines is 1. The number of carbonyl (C=O) groups excluding carboxylic acids is 1. The SMILES string of the molecule is CN=C(NCc1ccc(N2CCCCC2=O)cc1)NCc1ncc(C)s1.I. The second-order valence-electron chi connectivity index (χ2n) is 6.31. The number of benzene rings is 1. The molecular formula is C19H26IN5OS. The molecule has 0 bridgehead atoms. The summed E-state index contributed by atoms with van der Waals surface area (Å²) in [5.41, 5.74) is 2.13. The Hall–Kier alpha value is -1.68. The van der Waals surface area contributed by atoms with Crippen molar-refractivity contribution in [2.75, 3.05) is 18.5 Å². The molecule has 6 nitrogen and oxygen atoms in total. The van der Waals surface area contributed by atoms with E-state index in [1.165, 1.54) is 4.88 Å². The van der Waals surface area contributed by atoms with Gasteiger partial charge in [-0.25, -0.2) is 4.98 Å². The largest absolute Gasteiger partial charge is 0.352 e. The van der Waals surface area contributed by atoms with Crippen molar-refractivity contribution in [3.05, 3.63) is 45.9 Å². The fraction of sp³-hybridized carbons (Fsp3) is 0.421. The zero-order valence-electron chi connectivity index (χ0n) is 15.7. The fourth-order valence-electron chi connectivity index (χ4n) is 2.92. The Balaban J connectivity index is 0.00000261. The molecule has 1 amide bonds. The number of hydrogen-bond acceptors (Lipinski definition) is 4. The maximum absolute atomic E-state index is 12.0. The molecule has 1 saturated heterocycles. The second kappa shape index (κ2) is 10.6. The van der Waals surface area contributed by atoms with Gasteiger partial charge in [-0.15, -0.1) is 35.3 Å². The number of nitrogens with one attached hydrogen (secondary N) is 2. The summed E-state index contributed by atoms with van der Waals surface area (Å²) in [4.78, 5) is 23.7. The van der Waals surface area contributed by atoms with Gasteiger partial charge in [-0.1, -0.05) is 12.1 Å². The number of halogens is 1. The molecule has 1 aliphatic rings. The first kappa shape index (κ1) is 21.6. The summed E-state index contributed by atoms with van der Waals surface area (Å²) in [6.45, 7) is 4.21. The van der Waals surface area contributed by atoms with Crippen LogP contribution in [0.3, 0.4) is 0 Å². The van der Waals surface area contributed by atoms with E-state index in [2.05, 4.69) is 39.7 Å². The predicted octanol–water partition coefficient (Wildman–Crippen LogP) is 3.45. The number of hydrogen-bond donors (Lipinski definition) is 2. The summed E-state index contributed by atoms with van der Waals surface area (Å²) < 4.78 is 0. The van der Waals surface area contributed by atoms with Crippen LogP contribution in [0.5, 0.6) is 0 Å². The third-order valence-electron chi connectivity index (χ3n) is 4.33. The van der Waals surface area contributed by atoms with E-state index in [1.54, 1.807) is 18.4 Å². The lowest BCUT2D eigenvalue weighted by Gasteiger charge is -2.26. The van der Waals surface area contributed by atoms with Crippen molar-refractivity contribution in [3.63, 3.8) is 0 Å². The molecule has 0 spiro atoms. The average molecular weight is 499 g/mol. The molecular weight excluding hydrogens is 473 g/mol. The summed E-state index contributed by atoms with van der Waals surface area (Å²) in [6.07, 6.45) is 4.62. The highest BCUT2D eigenvalue weighted by molar-refractivity contribution is 14.0. The van der Waals surface area contributed by atoms with Crippen molar-refractivity contribution in [2.45, 2.75) is 39.3 Å². The van der Waals surface area contributed by atoms with Crippen LogP contribution in [0.15, 0.2) is 35.5 Å². The van der Waals surface area contributed by atoms with E-state index in [4.69, 9.17) is 0 Å². The number of guanidine groups is 1. The maximum atomic E-state index is 12.0. The first-order chi connectivity index (χ1) is 12.7. The minimum atomic E-state index is 0. The fourth-order valence-corrected chi connectivity index (χ4v) is 3.65. The number of piperidine rings is 1. The number of aliphatic imine (C=N–C) groups is 1. The number of thiazole rings is 1. The summed E-state index contributed by atoms with van der Waals surface area (Å²) in [5, 5.41) is 7.62. The number of nitrogens with zero attached hydrogens (tertiary/aromatic N) is 3. The highest BCUT2D eigenvalue weighted by Crippen LogP contribution is 2.21. The maximum Gasteiger partial charge on any atom is 0.226 e. The van der Waals surface area contributed by atoms with Crippen LogP contribution in [0.25, 0.3) is 0 Å². The quantitative estimate of drug-likeness (QED) is 0.376. The van der Waals surface area contributed by atoms with Crippen LogP contribution in [0.1, 0.15) is 34.7 Å². The molecule has 0 aliphatic carbocycles. The number of carbonyl (C=O) groups is 1. The van der Waals surface area contributed by atoms with Crippen molar-refractivity contribution in [2.24, 2.45) is 4.99 Å². The number of amides is 1. The minimum Gasteiger partial charge on any atom is -0.352 e. The van der Waals surface area contributed by atoms with E-state index in [-0.39, 0.29) is 29.9 Å². The summed E-state index contributed by atoms with van der Waals surface area (Å²) >= 11 is 1.68. The van der Waals surface area contributed by atoms with E-state index < -0.39 is 0 Å². The molecule has 2 heterocycles. The van der Waals surface area contributed by atoms with Gasteiger partial charge in [0.05, 0.1) is 6.54 Å². The third-order valence-corrected chi connectivity index (χ3v) is 5.24. The summed E-state index contributed by atoms with van der Waals surface area (Å²) in [7, 11) is 1.76. The minimum absolute atomic E-state index is 0. The van der Waals surface area contributed by atoms with Gasteiger partial charge in [0.1, 0.15) is 5.01 Å². The lowest BCUT2D eigenvalue weighted by Crippen LogP contribution is -2.36. The highest BCUT2D eigenvalue weighted by Gasteiger charge is 2.19. The smallest absolute Gasteiger partial charge is 0.226 e. The van der Waals surface area contributed by atoms with Crippen molar-refractivity contribution in [1.29, 1.82) is 0 Å². The lowest BCUT2D eigenvalue weighted by atomic mass is 10.1. The van der Waals surface area contributed by atoms with Gasteiger partial charge in [0.2, 0.25) is 5.91 Å². The van der Waals surface area contributed by atoms with Crippen molar-refractivity contribution >= 4 is 52.9 Å². The lowest BCUT2D eigenvalue weighted by molar-refractivity contribution is -0.119. The van der Waals surface area contributed by atoms with Gasteiger partial charge >= 0.3 is 0 Å². The normalized spacial score (nSPS) is 14.7. The zero-order chi connectivity index (χ0) is 18.4. The molecule has 27 heavy (non-hydrogen) atoms. The molecule has 8 heteroatoms. The van der Waals surface area contributed by atoms with E-state index >= 15 is 0 Å². The van der Waals surface area contributed by atoms with E-state index in [0.29, 0.717) is 19.5 Å². The van der Waals surface area contributed by atoms with Crippen LogP contribution >= 0.6 is 35.3 Å². The molecule has 3 rings (SSSR count). The molecule has 2 aromatic rings.